The third kappa shape index (κ3) is 3.42. The lowest BCUT2D eigenvalue weighted by molar-refractivity contribution is 0.0307. The van der Waals surface area contributed by atoms with Crippen molar-refractivity contribution in [2.75, 3.05) is 13.1 Å². The Hall–Kier alpha value is -1.82. The molecule has 0 unspecified atom stereocenters. The molecular formula is C20H26N2O. The van der Waals surface area contributed by atoms with E-state index in [0.717, 1.165) is 31.0 Å². The van der Waals surface area contributed by atoms with Gasteiger partial charge in [0.05, 0.1) is 6.57 Å². The highest BCUT2D eigenvalue weighted by Gasteiger charge is 2.39. The van der Waals surface area contributed by atoms with Crippen molar-refractivity contribution in [3.8, 4) is 0 Å². The van der Waals surface area contributed by atoms with E-state index in [2.05, 4.69) is 16.7 Å². The van der Waals surface area contributed by atoms with Crippen LogP contribution in [0.25, 0.3) is 4.85 Å². The van der Waals surface area contributed by atoms with Gasteiger partial charge in [0.1, 0.15) is 0 Å². The summed E-state index contributed by atoms with van der Waals surface area (Å²) in [6, 6.07) is 7.08. The van der Waals surface area contributed by atoms with Crippen LogP contribution in [0, 0.1) is 17.9 Å². The Kier molecular flexibility index (Phi) is 4.71. The van der Waals surface area contributed by atoms with E-state index in [9.17, 15) is 4.79 Å². The van der Waals surface area contributed by atoms with E-state index in [1.165, 1.54) is 38.5 Å². The molecule has 1 heterocycles. The summed E-state index contributed by atoms with van der Waals surface area (Å²) < 4.78 is 0. The van der Waals surface area contributed by atoms with Crippen molar-refractivity contribution in [1.82, 2.24) is 4.90 Å². The van der Waals surface area contributed by atoms with E-state index < -0.39 is 0 Å². The van der Waals surface area contributed by atoms with Crippen molar-refractivity contribution in [3.05, 3.63) is 41.2 Å². The van der Waals surface area contributed by atoms with E-state index in [1.54, 1.807) is 24.3 Å². The molecule has 2 aliphatic rings. The molecule has 1 aliphatic heterocycles. The number of hydrogen-bond donors (Lipinski definition) is 0. The molecule has 1 spiro atoms. The molecule has 0 aromatic heterocycles. The smallest absolute Gasteiger partial charge is 0.253 e. The summed E-state index contributed by atoms with van der Waals surface area (Å²) >= 11 is 0. The normalized spacial score (nSPS) is 27.7. The summed E-state index contributed by atoms with van der Waals surface area (Å²) in [4.78, 5) is 18.2. The van der Waals surface area contributed by atoms with Crippen LogP contribution in [-0.2, 0) is 0 Å². The molecule has 0 bridgehead atoms. The Morgan fingerprint density at radius 1 is 1.26 bits per heavy atom. The minimum atomic E-state index is 0.137. The maximum absolute atomic E-state index is 12.8. The van der Waals surface area contributed by atoms with Gasteiger partial charge in [-0.05, 0) is 49.9 Å². The van der Waals surface area contributed by atoms with Crippen LogP contribution in [0.2, 0.25) is 0 Å². The fraction of sp³-hybridized carbons (Fsp3) is 0.600. The molecule has 0 atom stereocenters. The minimum absolute atomic E-state index is 0.137. The molecule has 1 aromatic rings. The summed E-state index contributed by atoms with van der Waals surface area (Å²) in [7, 11) is 0. The van der Waals surface area contributed by atoms with Gasteiger partial charge in [-0.2, -0.15) is 0 Å². The van der Waals surface area contributed by atoms with Gasteiger partial charge in [-0.15, -0.1) is 0 Å². The van der Waals surface area contributed by atoms with Crippen molar-refractivity contribution >= 4 is 11.6 Å². The molecule has 3 heteroatoms. The monoisotopic (exact) mass is 310 g/mol. The first-order valence-electron chi connectivity index (χ1n) is 8.92. The highest BCUT2D eigenvalue weighted by atomic mass is 16.2. The summed E-state index contributed by atoms with van der Waals surface area (Å²) in [5, 5.41) is 0. The largest absolute Gasteiger partial charge is 0.338 e. The first kappa shape index (κ1) is 16.1. The van der Waals surface area contributed by atoms with E-state index in [-0.39, 0.29) is 5.91 Å². The van der Waals surface area contributed by atoms with Gasteiger partial charge in [0.2, 0.25) is 0 Å². The van der Waals surface area contributed by atoms with Crippen LogP contribution in [0.4, 0.5) is 5.69 Å². The van der Waals surface area contributed by atoms with Crippen molar-refractivity contribution in [3.63, 3.8) is 0 Å². The number of hydrogen-bond acceptors (Lipinski definition) is 1. The van der Waals surface area contributed by atoms with Crippen molar-refractivity contribution in [2.45, 2.75) is 51.9 Å². The maximum Gasteiger partial charge on any atom is 0.253 e. The Balaban J connectivity index is 1.68. The van der Waals surface area contributed by atoms with E-state index >= 15 is 0 Å². The number of likely N-dealkylation sites (tertiary alicyclic amines) is 1. The molecule has 1 aliphatic carbocycles. The number of nitrogens with zero attached hydrogens (tertiary/aromatic N) is 2. The van der Waals surface area contributed by atoms with Crippen LogP contribution in [-0.4, -0.2) is 23.9 Å². The zero-order valence-corrected chi connectivity index (χ0v) is 14.1. The molecule has 3 rings (SSSR count). The first-order chi connectivity index (χ1) is 11.2. The van der Waals surface area contributed by atoms with Crippen molar-refractivity contribution < 1.29 is 4.79 Å². The van der Waals surface area contributed by atoms with Crippen LogP contribution in [0.1, 0.15) is 62.2 Å². The van der Waals surface area contributed by atoms with Gasteiger partial charge < -0.3 is 4.90 Å². The zero-order valence-electron chi connectivity index (χ0n) is 14.1. The average Bonchev–Trinajstić information content (AvgIpc) is 2.62. The predicted molar refractivity (Wildman–Crippen MR) is 92.5 cm³/mol. The van der Waals surface area contributed by atoms with E-state index in [0.29, 0.717) is 11.1 Å². The van der Waals surface area contributed by atoms with Crippen LogP contribution in [0.3, 0.4) is 0 Å². The molecule has 0 N–H and O–H groups in total. The fourth-order valence-electron chi connectivity index (χ4n) is 4.35. The van der Waals surface area contributed by atoms with Crippen LogP contribution >= 0.6 is 0 Å². The van der Waals surface area contributed by atoms with Gasteiger partial charge in [-0.1, -0.05) is 37.6 Å². The SMILES string of the molecule is [C-]#[N+]c1ccc(C(=O)N2CCCC3(CCC(CC)CC3)C2)cc1. The number of carbonyl (C=O) groups is 1. The lowest BCUT2D eigenvalue weighted by atomic mass is 9.66. The average molecular weight is 310 g/mol. The van der Waals surface area contributed by atoms with Crippen LogP contribution < -0.4 is 0 Å². The van der Waals surface area contributed by atoms with Gasteiger partial charge in [-0.3, -0.25) is 4.79 Å². The lowest BCUT2D eigenvalue weighted by Crippen LogP contribution is -2.47. The lowest BCUT2D eigenvalue weighted by Gasteiger charge is -2.47. The number of benzene rings is 1. The molecule has 122 valence electrons. The second-order valence-corrected chi connectivity index (χ2v) is 7.34. The molecule has 1 saturated heterocycles. The second-order valence-electron chi connectivity index (χ2n) is 7.34. The predicted octanol–water partition coefficient (Wildman–Crippen LogP) is 5.06. The third-order valence-corrected chi connectivity index (χ3v) is 5.94. The van der Waals surface area contributed by atoms with Gasteiger partial charge in [0.15, 0.2) is 5.69 Å². The quantitative estimate of drug-likeness (QED) is 0.701. The van der Waals surface area contributed by atoms with Gasteiger partial charge in [-0.25, -0.2) is 4.85 Å². The van der Waals surface area contributed by atoms with Gasteiger partial charge in [0, 0.05) is 18.7 Å². The minimum Gasteiger partial charge on any atom is -0.338 e. The highest BCUT2D eigenvalue weighted by molar-refractivity contribution is 5.94. The van der Waals surface area contributed by atoms with Gasteiger partial charge >= 0.3 is 0 Å². The van der Waals surface area contributed by atoms with Gasteiger partial charge in [0.25, 0.3) is 5.91 Å². The summed E-state index contributed by atoms with van der Waals surface area (Å²) in [6.45, 7) is 11.1. The molecule has 0 radical (unpaired) electrons. The van der Waals surface area contributed by atoms with Crippen LogP contribution in [0.5, 0.6) is 0 Å². The Bertz CT molecular complexity index is 591. The zero-order chi connectivity index (χ0) is 16.3. The standard InChI is InChI=1S/C20H26N2O/c1-3-16-9-12-20(13-10-16)11-4-14-22(15-20)19(23)17-5-7-18(21-2)8-6-17/h5-8,16H,3-4,9-15H2,1H3. The van der Waals surface area contributed by atoms with Crippen molar-refractivity contribution in [1.29, 1.82) is 0 Å². The summed E-state index contributed by atoms with van der Waals surface area (Å²) in [5.74, 6) is 1.03. The summed E-state index contributed by atoms with van der Waals surface area (Å²) in [5.41, 5.74) is 1.68. The molecule has 1 aromatic carbocycles. The highest BCUT2D eigenvalue weighted by Crippen LogP contribution is 2.45. The molecule has 1 saturated carbocycles. The molecule has 2 fully saturated rings. The van der Waals surface area contributed by atoms with E-state index in [4.69, 9.17) is 6.57 Å². The maximum atomic E-state index is 12.8. The number of rotatable bonds is 2. The number of piperidine rings is 1. The van der Waals surface area contributed by atoms with E-state index in [1.807, 2.05) is 0 Å². The fourth-order valence-corrected chi connectivity index (χ4v) is 4.35. The van der Waals surface area contributed by atoms with Crippen LogP contribution in [0.15, 0.2) is 24.3 Å². The molecule has 1 amide bonds. The Morgan fingerprint density at radius 2 is 1.96 bits per heavy atom. The number of amides is 1. The van der Waals surface area contributed by atoms with Crippen molar-refractivity contribution in [2.24, 2.45) is 11.3 Å². The molecule has 3 nitrogen and oxygen atoms in total. The Morgan fingerprint density at radius 3 is 2.57 bits per heavy atom. The second kappa shape index (κ2) is 6.74. The third-order valence-electron chi connectivity index (χ3n) is 5.94. The topological polar surface area (TPSA) is 24.7 Å². The molecule has 23 heavy (non-hydrogen) atoms. The summed E-state index contributed by atoms with van der Waals surface area (Å²) in [6.07, 6.45) is 8.94. The first-order valence-corrected chi connectivity index (χ1v) is 8.92. The molecular weight excluding hydrogens is 284 g/mol. The number of carbonyl (C=O) groups excluding carboxylic acids is 1. The Labute approximate surface area is 139 Å².